The van der Waals surface area contributed by atoms with Crippen molar-refractivity contribution >= 4 is 17.7 Å². The Hall–Kier alpha value is -2.01. The van der Waals surface area contributed by atoms with E-state index in [1.165, 1.54) is 20.3 Å². The monoisotopic (exact) mass is 223 g/mol. The summed E-state index contributed by atoms with van der Waals surface area (Å²) in [5.74, 6) is -1.32. The van der Waals surface area contributed by atoms with Crippen molar-refractivity contribution < 1.29 is 18.9 Å². The molecule has 0 saturated heterocycles. The molecule has 0 rings (SSSR count). The molecule has 0 bridgehead atoms. The minimum absolute atomic E-state index is 0.426. The second-order valence-electron chi connectivity index (χ2n) is 3.38. The van der Waals surface area contributed by atoms with Gasteiger partial charge in [0.2, 0.25) is 5.91 Å². The van der Waals surface area contributed by atoms with Crippen LogP contribution in [0.3, 0.4) is 0 Å². The van der Waals surface area contributed by atoms with Gasteiger partial charge in [0.25, 0.3) is 0 Å². The van der Waals surface area contributed by atoms with E-state index >= 15 is 0 Å². The number of quaternary nitrogens is 1. The van der Waals surface area contributed by atoms with Crippen LogP contribution in [0.5, 0.6) is 0 Å². The summed E-state index contributed by atoms with van der Waals surface area (Å²) in [7, 11) is 2.87. The number of carbonyl (C=O) groups excluding carboxylic acids is 3. The average molecular weight is 223 g/mol. The Kier molecular flexibility index (Phi) is 5.05. The Morgan fingerprint density at radius 3 is 2.06 bits per heavy atom. The number of likely N-dealkylation sites (N-methyl/N-ethyl adjacent to an activating group) is 1. The van der Waals surface area contributed by atoms with Crippen LogP contribution in [-0.2, 0) is 14.4 Å². The van der Waals surface area contributed by atoms with Crippen molar-refractivity contribution in [2.24, 2.45) is 0 Å². The van der Waals surface area contributed by atoms with Crippen LogP contribution in [0.2, 0.25) is 0 Å². The second kappa shape index (κ2) is 5.77. The Morgan fingerprint density at radius 1 is 1.06 bits per heavy atom. The van der Waals surface area contributed by atoms with Gasteiger partial charge in [0.05, 0.1) is 20.2 Å². The number of carbonyl (C=O) groups is 3. The number of amides is 3. The molecule has 3 amide bonds. The quantitative estimate of drug-likeness (QED) is 0.544. The minimum Gasteiger partial charge on any atom is -0.329 e. The maximum Gasteiger partial charge on any atom is 0.347 e. The Bertz CT molecular complexity index is 367. The molecule has 5 heteroatoms. The number of hydrogen-bond acceptors (Lipinski definition) is 3. The third-order valence-electron chi connectivity index (χ3n) is 1.91. The van der Waals surface area contributed by atoms with Gasteiger partial charge in [0.1, 0.15) is 0 Å². The number of nitrogens with zero attached hydrogens (tertiary/aromatic N) is 1. The van der Waals surface area contributed by atoms with Crippen molar-refractivity contribution in [1.82, 2.24) is 5.32 Å². The van der Waals surface area contributed by atoms with Crippen LogP contribution < -0.4 is 5.32 Å². The zero-order valence-corrected chi connectivity index (χ0v) is 9.40. The van der Waals surface area contributed by atoms with Gasteiger partial charge in [-0.15, -0.1) is 0 Å². The molecule has 0 spiro atoms. The lowest BCUT2D eigenvalue weighted by molar-refractivity contribution is -0.729. The topological polar surface area (TPSA) is 63.2 Å². The predicted molar refractivity (Wildman–Crippen MR) is 59.8 cm³/mol. The molecule has 0 heterocycles. The van der Waals surface area contributed by atoms with Crippen molar-refractivity contribution in [3.8, 4) is 0 Å². The highest BCUT2D eigenvalue weighted by molar-refractivity contribution is 5.95. The van der Waals surface area contributed by atoms with E-state index in [-0.39, 0.29) is 0 Å². The predicted octanol–water partition coefficient (Wildman–Crippen LogP) is 0.118. The molecular weight excluding hydrogens is 208 g/mol. The summed E-state index contributed by atoms with van der Waals surface area (Å²) in [6.45, 7) is 6.55. The van der Waals surface area contributed by atoms with E-state index in [1.807, 2.05) is 0 Å². The molecule has 1 N–H and O–H groups in total. The highest BCUT2D eigenvalue weighted by atomic mass is 16.2. The first kappa shape index (κ1) is 14.0. The summed E-state index contributed by atoms with van der Waals surface area (Å²) in [5, 5.41) is 2.29. The first-order valence-electron chi connectivity index (χ1n) is 4.51. The molecule has 0 aromatic rings. The first-order valence-corrected chi connectivity index (χ1v) is 4.51. The van der Waals surface area contributed by atoms with Crippen LogP contribution in [0.1, 0.15) is 0 Å². The van der Waals surface area contributed by atoms with Gasteiger partial charge in [0.15, 0.2) is 0 Å². The normalized spacial score (nSPS) is 10.9. The van der Waals surface area contributed by atoms with Crippen molar-refractivity contribution in [2.45, 2.75) is 0 Å². The van der Waals surface area contributed by atoms with Gasteiger partial charge in [-0.1, -0.05) is 13.2 Å². The number of nitrogens with one attached hydrogen (secondary N) is 1. The fourth-order valence-corrected chi connectivity index (χ4v) is 0.777. The van der Waals surface area contributed by atoms with Crippen LogP contribution >= 0.6 is 0 Å². The van der Waals surface area contributed by atoms with Crippen LogP contribution in [-0.4, -0.2) is 36.3 Å². The van der Waals surface area contributed by atoms with E-state index in [9.17, 15) is 14.4 Å². The van der Waals surface area contributed by atoms with Crippen molar-refractivity contribution in [3.05, 3.63) is 37.6 Å². The average Bonchev–Trinajstić information content (AvgIpc) is 2.27. The molecule has 16 heavy (non-hydrogen) atoms. The van der Waals surface area contributed by atoms with Crippen LogP contribution in [0.4, 0.5) is 0 Å². The third-order valence-corrected chi connectivity index (χ3v) is 1.91. The number of hydrogen-bond donors (Lipinski definition) is 1. The molecule has 0 radical (unpaired) electrons. The molecule has 86 valence electrons. The van der Waals surface area contributed by atoms with E-state index in [4.69, 9.17) is 0 Å². The summed E-state index contributed by atoms with van der Waals surface area (Å²) in [4.78, 5) is 33.7. The standard InChI is InChI=1S/C11H14N2O3/c1-5-9(14)12-8-7-11(16)13(3,4)10(15)6-2/h5-8H,1-2H2,3-4H3/p+1. The van der Waals surface area contributed by atoms with Gasteiger partial charge in [-0.3, -0.25) is 4.79 Å². The summed E-state index contributed by atoms with van der Waals surface area (Å²) >= 11 is 0. The van der Waals surface area contributed by atoms with E-state index < -0.39 is 22.2 Å². The largest absolute Gasteiger partial charge is 0.347 e. The summed E-state index contributed by atoms with van der Waals surface area (Å²) in [6, 6.07) is 0. The molecule has 0 fully saturated rings. The minimum atomic E-state index is -0.482. The van der Waals surface area contributed by atoms with Gasteiger partial charge < -0.3 is 5.32 Å². The first-order chi connectivity index (χ1) is 7.36. The Labute approximate surface area is 94.3 Å². The van der Waals surface area contributed by atoms with E-state index in [0.717, 1.165) is 18.2 Å². The molecule has 0 saturated carbocycles. The van der Waals surface area contributed by atoms with Gasteiger partial charge >= 0.3 is 11.8 Å². The molecule has 0 aromatic carbocycles. The second-order valence-corrected chi connectivity index (χ2v) is 3.38. The molecule has 5 nitrogen and oxygen atoms in total. The molecule has 0 atom stereocenters. The lowest BCUT2D eigenvalue weighted by Gasteiger charge is -2.20. The summed E-state index contributed by atoms with van der Waals surface area (Å²) < 4.78 is -0.482. The van der Waals surface area contributed by atoms with Crippen LogP contribution in [0.15, 0.2) is 37.6 Å². The highest BCUT2D eigenvalue weighted by Gasteiger charge is 2.30. The molecule has 0 unspecified atom stereocenters. The van der Waals surface area contributed by atoms with Gasteiger partial charge in [-0.05, 0) is 6.08 Å². The molecular formula is C11H15N2O3+. The van der Waals surface area contributed by atoms with E-state index in [2.05, 4.69) is 18.5 Å². The maximum atomic E-state index is 11.6. The van der Waals surface area contributed by atoms with Crippen molar-refractivity contribution in [3.63, 3.8) is 0 Å². The molecule has 0 aliphatic carbocycles. The molecule has 0 aliphatic rings. The third kappa shape index (κ3) is 3.62. The smallest absolute Gasteiger partial charge is 0.329 e. The highest BCUT2D eigenvalue weighted by Crippen LogP contribution is 2.01. The Balaban J connectivity index is 4.57. The van der Waals surface area contributed by atoms with Gasteiger partial charge in [-0.25, -0.2) is 9.59 Å². The lowest BCUT2D eigenvalue weighted by atomic mass is 10.3. The van der Waals surface area contributed by atoms with Crippen molar-refractivity contribution in [2.75, 3.05) is 14.1 Å². The van der Waals surface area contributed by atoms with Crippen LogP contribution in [0.25, 0.3) is 0 Å². The van der Waals surface area contributed by atoms with Crippen LogP contribution in [0, 0.1) is 0 Å². The number of imide groups is 1. The summed E-state index contributed by atoms with van der Waals surface area (Å²) in [5.41, 5.74) is 0. The lowest BCUT2D eigenvalue weighted by Crippen LogP contribution is -2.48. The summed E-state index contributed by atoms with van der Waals surface area (Å²) in [6.07, 6.45) is 4.43. The zero-order chi connectivity index (χ0) is 12.8. The van der Waals surface area contributed by atoms with E-state index in [1.54, 1.807) is 0 Å². The molecule has 0 aliphatic heterocycles. The maximum absolute atomic E-state index is 11.6. The van der Waals surface area contributed by atoms with Crippen molar-refractivity contribution in [1.29, 1.82) is 0 Å². The van der Waals surface area contributed by atoms with Gasteiger partial charge in [-0.2, -0.15) is 4.48 Å². The number of rotatable bonds is 4. The zero-order valence-electron chi connectivity index (χ0n) is 9.40. The molecule has 0 aromatic heterocycles. The fourth-order valence-electron chi connectivity index (χ4n) is 0.777. The van der Waals surface area contributed by atoms with Gasteiger partial charge in [0, 0.05) is 12.3 Å². The SMILES string of the molecule is C=CC(=O)NC=CC(=O)[N+](C)(C)C(=O)C=C. The fraction of sp³-hybridized carbons (Fsp3) is 0.182. The Morgan fingerprint density at radius 2 is 1.62 bits per heavy atom. The van der Waals surface area contributed by atoms with E-state index in [0.29, 0.717) is 0 Å².